The summed E-state index contributed by atoms with van der Waals surface area (Å²) in [5.74, 6) is 0.713. The van der Waals surface area contributed by atoms with Crippen LogP contribution in [0.2, 0.25) is 0 Å². The Hall–Kier alpha value is -1.36. The molecule has 1 aromatic heterocycles. The molecular formula is C11H17N3O2. The average molecular weight is 223 g/mol. The Morgan fingerprint density at radius 2 is 2.44 bits per heavy atom. The normalized spacial score (nSPS) is 17.2. The van der Waals surface area contributed by atoms with Crippen LogP contribution >= 0.6 is 0 Å². The lowest BCUT2D eigenvalue weighted by Gasteiger charge is -2.25. The third kappa shape index (κ3) is 2.09. The first kappa shape index (κ1) is 11.1. The van der Waals surface area contributed by atoms with Crippen molar-refractivity contribution < 1.29 is 9.32 Å². The van der Waals surface area contributed by atoms with Crippen LogP contribution in [0.4, 0.5) is 0 Å². The number of likely N-dealkylation sites (N-methyl/N-ethyl adjacent to an activating group) is 1. The predicted molar refractivity (Wildman–Crippen MR) is 58.9 cm³/mol. The van der Waals surface area contributed by atoms with E-state index >= 15 is 0 Å². The summed E-state index contributed by atoms with van der Waals surface area (Å²) in [4.78, 5) is 13.7. The zero-order valence-corrected chi connectivity index (χ0v) is 9.64. The minimum absolute atomic E-state index is 0.123. The van der Waals surface area contributed by atoms with Crippen molar-refractivity contribution in [3.8, 4) is 0 Å². The molecular weight excluding hydrogens is 206 g/mol. The van der Waals surface area contributed by atoms with Gasteiger partial charge >= 0.3 is 0 Å². The number of hydrogen-bond acceptors (Lipinski definition) is 4. The third-order valence-electron chi connectivity index (χ3n) is 3.06. The minimum Gasteiger partial charge on any atom is -0.351 e. The van der Waals surface area contributed by atoms with Gasteiger partial charge in [-0.25, -0.2) is 0 Å². The van der Waals surface area contributed by atoms with Crippen molar-refractivity contribution in [2.75, 3.05) is 13.6 Å². The molecule has 0 saturated heterocycles. The zero-order valence-electron chi connectivity index (χ0n) is 9.64. The van der Waals surface area contributed by atoms with Crippen molar-refractivity contribution in [2.24, 2.45) is 11.7 Å². The van der Waals surface area contributed by atoms with Crippen molar-refractivity contribution in [1.29, 1.82) is 0 Å². The van der Waals surface area contributed by atoms with Crippen LogP contribution in [0.3, 0.4) is 0 Å². The maximum Gasteiger partial charge on any atom is 0.292 e. The molecule has 5 heteroatoms. The number of carbonyl (C=O) groups is 1. The van der Waals surface area contributed by atoms with Crippen molar-refractivity contribution in [2.45, 2.75) is 25.8 Å². The number of aryl methyl sites for hydroxylation is 1. The molecule has 0 bridgehead atoms. The van der Waals surface area contributed by atoms with Gasteiger partial charge in [0.05, 0.1) is 5.69 Å². The van der Waals surface area contributed by atoms with Gasteiger partial charge in [-0.05, 0) is 25.7 Å². The summed E-state index contributed by atoms with van der Waals surface area (Å²) >= 11 is 0. The lowest BCUT2D eigenvalue weighted by Crippen LogP contribution is -2.43. The molecule has 16 heavy (non-hydrogen) atoms. The molecule has 1 saturated carbocycles. The lowest BCUT2D eigenvalue weighted by atomic mass is 10.1. The zero-order chi connectivity index (χ0) is 11.7. The quantitative estimate of drug-likeness (QED) is 0.819. The van der Waals surface area contributed by atoms with Gasteiger partial charge in [-0.3, -0.25) is 4.79 Å². The largest absolute Gasteiger partial charge is 0.351 e. The van der Waals surface area contributed by atoms with Gasteiger partial charge in [0.2, 0.25) is 5.76 Å². The fourth-order valence-corrected chi connectivity index (χ4v) is 1.94. The first-order valence-electron chi connectivity index (χ1n) is 5.54. The molecule has 0 radical (unpaired) electrons. The molecule has 1 atom stereocenters. The highest BCUT2D eigenvalue weighted by Gasteiger charge is 2.35. The smallest absolute Gasteiger partial charge is 0.292 e. The summed E-state index contributed by atoms with van der Waals surface area (Å²) in [6, 6.07) is 1.78. The molecule has 1 fully saturated rings. The van der Waals surface area contributed by atoms with E-state index in [0.717, 1.165) is 12.8 Å². The molecule has 2 rings (SSSR count). The Labute approximate surface area is 94.6 Å². The average Bonchev–Trinajstić information content (AvgIpc) is 3.00. The number of carbonyl (C=O) groups excluding carboxylic acids is 1. The van der Waals surface area contributed by atoms with Gasteiger partial charge in [0.25, 0.3) is 5.91 Å². The summed E-state index contributed by atoms with van der Waals surface area (Å²) in [5, 5.41) is 3.71. The van der Waals surface area contributed by atoms with E-state index in [1.807, 2.05) is 0 Å². The number of nitrogens with two attached hydrogens (primary N) is 1. The van der Waals surface area contributed by atoms with Crippen LogP contribution in [0, 0.1) is 12.8 Å². The van der Waals surface area contributed by atoms with Gasteiger partial charge in [0.1, 0.15) is 0 Å². The predicted octanol–water partition coefficient (Wildman–Crippen LogP) is 0.792. The molecule has 0 aliphatic heterocycles. The third-order valence-corrected chi connectivity index (χ3v) is 3.06. The monoisotopic (exact) mass is 223 g/mol. The Bertz CT molecular complexity index is 384. The Balaban J connectivity index is 2.08. The molecule has 1 unspecified atom stereocenters. The maximum absolute atomic E-state index is 12.0. The van der Waals surface area contributed by atoms with E-state index < -0.39 is 0 Å². The van der Waals surface area contributed by atoms with Crippen LogP contribution in [-0.2, 0) is 0 Å². The number of nitrogens with zero attached hydrogens (tertiary/aromatic N) is 2. The van der Waals surface area contributed by atoms with Gasteiger partial charge in [-0.2, -0.15) is 0 Å². The second kappa shape index (κ2) is 4.25. The summed E-state index contributed by atoms with van der Waals surface area (Å²) in [6.07, 6.45) is 2.32. The van der Waals surface area contributed by atoms with E-state index in [4.69, 9.17) is 10.3 Å². The maximum atomic E-state index is 12.0. The van der Waals surface area contributed by atoms with Gasteiger partial charge in [-0.15, -0.1) is 0 Å². The Morgan fingerprint density at radius 1 is 1.75 bits per heavy atom. The number of hydrogen-bond donors (Lipinski definition) is 1. The number of aromatic nitrogens is 1. The van der Waals surface area contributed by atoms with E-state index in [0.29, 0.717) is 23.9 Å². The standard InChI is InChI=1S/C11H17N3O2/c1-7-5-10(16-13-7)11(15)14(2)9(6-12)8-3-4-8/h5,8-9H,3-4,6,12H2,1-2H3. The molecule has 1 amide bonds. The van der Waals surface area contributed by atoms with Crippen molar-refractivity contribution in [3.63, 3.8) is 0 Å². The van der Waals surface area contributed by atoms with Crippen LogP contribution in [-0.4, -0.2) is 35.6 Å². The van der Waals surface area contributed by atoms with Crippen LogP contribution in [0.25, 0.3) is 0 Å². The van der Waals surface area contributed by atoms with Gasteiger partial charge < -0.3 is 15.2 Å². The first-order valence-corrected chi connectivity index (χ1v) is 5.54. The molecule has 88 valence electrons. The molecule has 0 aromatic carbocycles. The van der Waals surface area contributed by atoms with E-state index in [2.05, 4.69) is 5.16 Å². The van der Waals surface area contributed by atoms with E-state index in [1.54, 1.807) is 24.9 Å². The number of rotatable bonds is 4. The summed E-state index contributed by atoms with van der Waals surface area (Å²) in [6.45, 7) is 2.29. The van der Waals surface area contributed by atoms with Gasteiger partial charge in [0.15, 0.2) is 0 Å². The van der Waals surface area contributed by atoms with Crippen molar-refractivity contribution in [1.82, 2.24) is 10.1 Å². The van der Waals surface area contributed by atoms with E-state index in [1.165, 1.54) is 0 Å². The van der Waals surface area contributed by atoms with Crippen LogP contribution < -0.4 is 5.73 Å². The molecule has 5 nitrogen and oxygen atoms in total. The molecule has 1 aliphatic rings. The molecule has 1 heterocycles. The summed E-state index contributed by atoms with van der Waals surface area (Å²) in [5.41, 5.74) is 6.41. The van der Waals surface area contributed by atoms with Crippen molar-refractivity contribution >= 4 is 5.91 Å². The highest BCUT2D eigenvalue weighted by Crippen LogP contribution is 2.34. The molecule has 2 N–H and O–H groups in total. The lowest BCUT2D eigenvalue weighted by molar-refractivity contribution is 0.0676. The second-order valence-electron chi connectivity index (χ2n) is 4.39. The topological polar surface area (TPSA) is 72.4 Å². The van der Waals surface area contributed by atoms with E-state index in [-0.39, 0.29) is 11.9 Å². The summed E-state index contributed by atoms with van der Waals surface area (Å²) < 4.78 is 4.96. The first-order chi connectivity index (χ1) is 7.63. The van der Waals surface area contributed by atoms with Crippen LogP contribution in [0.15, 0.2) is 10.6 Å². The minimum atomic E-state index is -0.136. The van der Waals surface area contributed by atoms with Crippen LogP contribution in [0.1, 0.15) is 29.1 Å². The SMILES string of the molecule is Cc1cc(C(=O)N(C)C(CN)C2CC2)on1. The highest BCUT2D eigenvalue weighted by atomic mass is 16.5. The van der Waals surface area contributed by atoms with Crippen molar-refractivity contribution in [3.05, 3.63) is 17.5 Å². The van der Waals surface area contributed by atoms with E-state index in [9.17, 15) is 4.79 Å². The second-order valence-corrected chi connectivity index (χ2v) is 4.39. The van der Waals surface area contributed by atoms with Crippen LogP contribution in [0.5, 0.6) is 0 Å². The summed E-state index contributed by atoms with van der Waals surface area (Å²) in [7, 11) is 1.77. The van der Waals surface area contributed by atoms with Gasteiger partial charge in [-0.1, -0.05) is 5.16 Å². The van der Waals surface area contributed by atoms with Gasteiger partial charge in [0, 0.05) is 25.7 Å². The fourth-order valence-electron chi connectivity index (χ4n) is 1.94. The Kier molecular flexibility index (Phi) is 2.96. The molecule has 0 spiro atoms. The fraction of sp³-hybridized carbons (Fsp3) is 0.636. The Morgan fingerprint density at radius 3 is 2.88 bits per heavy atom. The highest BCUT2D eigenvalue weighted by molar-refractivity contribution is 5.91. The number of amides is 1. The molecule has 1 aromatic rings. The molecule has 1 aliphatic carbocycles.